The van der Waals surface area contributed by atoms with Crippen LogP contribution in [-0.2, 0) is 4.79 Å². The highest BCUT2D eigenvalue weighted by Gasteiger charge is 2.45. The van der Waals surface area contributed by atoms with Gasteiger partial charge in [-0.15, -0.1) is 0 Å². The summed E-state index contributed by atoms with van der Waals surface area (Å²) in [5.41, 5.74) is 2.50. The fourth-order valence-corrected chi connectivity index (χ4v) is 3.79. The van der Waals surface area contributed by atoms with Crippen molar-refractivity contribution in [1.82, 2.24) is 0 Å². The van der Waals surface area contributed by atoms with E-state index in [1.807, 2.05) is 45.0 Å². The first-order valence-electron chi connectivity index (χ1n) is 9.92. The summed E-state index contributed by atoms with van der Waals surface area (Å²) in [6, 6.07) is 15.0. The Morgan fingerprint density at radius 3 is 1.75 bits per heavy atom. The minimum Gasteiger partial charge on any atom is -0.299 e. The summed E-state index contributed by atoms with van der Waals surface area (Å²) < 4.78 is 0. The molecule has 0 heterocycles. The van der Waals surface area contributed by atoms with Crippen LogP contribution in [0.3, 0.4) is 0 Å². The Bertz CT molecular complexity index is 879. The molecule has 2 aromatic carbocycles. The van der Waals surface area contributed by atoms with Crippen LogP contribution in [0.2, 0.25) is 0 Å². The summed E-state index contributed by atoms with van der Waals surface area (Å²) in [4.78, 5) is 39.0. The van der Waals surface area contributed by atoms with Gasteiger partial charge in [0.1, 0.15) is 5.78 Å². The zero-order chi connectivity index (χ0) is 20.6. The summed E-state index contributed by atoms with van der Waals surface area (Å²) in [5.74, 6) is -1.15. The van der Waals surface area contributed by atoms with Crippen LogP contribution in [0.25, 0.3) is 0 Å². The van der Waals surface area contributed by atoms with Gasteiger partial charge in [-0.25, -0.2) is 0 Å². The number of Topliss-reactive ketones (excluding diaryl/α,β-unsaturated/α-hetero) is 3. The van der Waals surface area contributed by atoms with Gasteiger partial charge < -0.3 is 0 Å². The molecule has 0 amide bonds. The number of carbonyl (C=O) groups excluding carboxylic acids is 3. The molecule has 0 unspecified atom stereocenters. The Morgan fingerprint density at radius 1 is 0.857 bits per heavy atom. The lowest BCUT2D eigenvalue weighted by Crippen LogP contribution is -2.30. The van der Waals surface area contributed by atoms with Gasteiger partial charge in [-0.05, 0) is 17.0 Å². The number of hydrogen-bond acceptors (Lipinski definition) is 3. The van der Waals surface area contributed by atoms with E-state index in [-0.39, 0.29) is 23.8 Å². The number of ketones is 3. The molecule has 3 rings (SSSR count). The fraction of sp³-hybridized carbons (Fsp3) is 0.400. The highest BCUT2D eigenvalue weighted by molar-refractivity contribution is 6.27. The maximum atomic E-state index is 13.1. The van der Waals surface area contributed by atoms with Crippen LogP contribution >= 0.6 is 0 Å². The van der Waals surface area contributed by atoms with Gasteiger partial charge in [0.05, 0.1) is 5.92 Å². The van der Waals surface area contributed by atoms with Crippen LogP contribution < -0.4 is 0 Å². The third-order valence-electron chi connectivity index (χ3n) is 5.70. The highest BCUT2D eigenvalue weighted by atomic mass is 16.2. The average molecular weight is 376 g/mol. The van der Waals surface area contributed by atoms with E-state index in [9.17, 15) is 14.4 Å². The maximum Gasteiger partial charge on any atom is 0.175 e. The predicted octanol–water partition coefficient (Wildman–Crippen LogP) is 5.59. The van der Waals surface area contributed by atoms with Crippen molar-refractivity contribution in [2.45, 2.75) is 52.9 Å². The molecule has 0 bridgehead atoms. The van der Waals surface area contributed by atoms with Crippen LogP contribution in [-0.4, -0.2) is 17.3 Å². The van der Waals surface area contributed by atoms with E-state index in [1.165, 1.54) is 5.56 Å². The molecule has 0 aromatic heterocycles. The first-order chi connectivity index (χ1) is 13.1. The van der Waals surface area contributed by atoms with E-state index in [0.29, 0.717) is 17.0 Å². The molecule has 0 aliphatic heterocycles. The summed E-state index contributed by atoms with van der Waals surface area (Å²) in [6.45, 7) is 9.87. The molecule has 0 spiro atoms. The molecule has 1 aliphatic rings. The van der Waals surface area contributed by atoms with E-state index in [2.05, 4.69) is 13.8 Å². The van der Waals surface area contributed by atoms with Crippen LogP contribution in [0.5, 0.6) is 0 Å². The van der Waals surface area contributed by atoms with Crippen LogP contribution in [0.15, 0.2) is 48.5 Å². The topological polar surface area (TPSA) is 51.2 Å². The van der Waals surface area contributed by atoms with E-state index in [4.69, 9.17) is 0 Å². The second-order valence-corrected chi connectivity index (χ2v) is 9.06. The van der Waals surface area contributed by atoms with Crippen LogP contribution in [0.4, 0.5) is 0 Å². The Hall–Kier alpha value is -2.55. The molecule has 146 valence electrons. The van der Waals surface area contributed by atoms with Gasteiger partial charge in [-0.3, -0.25) is 14.4 Å². The monoisotopic (exact) mass is 376 g/mol. The quantitative estimate of drug-likeness (QED) is 0.639. The largest absolute Gasteiger partial charge is 0.299 e. The lowest BCUT2D eigenvalue weighted by molar-refractivity contribution is -0.126. The van der Waals surface area contributed by atoms with Crippen molar-refractivity contribution >= 4 is 17.3 Å². The SMILES string of the molecule is CC(C)c1ccc([C@@H](CC(=O)C(C)(C)C)C2C(=O)c3ccccc3C2=O)cc1. The van der Waals surface area contributed by atoms with Crippen molar-refractivity contribution in [3.05, 3.63) is 70.8 Å². The molecule has 2 aromatic rings. The molecule has 0 saturated heterocycles. The molecule has 0 fully saturated rings. The number of carbonyl (C=O) groups is 3. The predicted molar refractivity (Wildman–Crippen MR) is 111 cm³/mol. The van der Waals surface area contributed by atoms with E-state index in [0.717, 1.165) is 5.56 Å². The normalized spacial score (nSPS) is 15.8. The first kappa shape index (κ1) is 20.2. The van der Waals surface area contributed by atoms with Crippen molar-refractivity contribution in [1.29, 1.82) is 0 Å². The van der Waals surface area contributed by atoms with Crippen molar-refractivity contribution in [2.24, 2.45) is 11.3 Å². The second kappa shape index (κ2) is 7.46. The van der Waals surface area contributed by atoms with Crippen LogP contribution in [0.1, 0.15) is 84.7 Å². The minimum absolute atomic E-state index is 0.0574. The summed E-state index contributed by atoms with van der Waals surface area (Å²) >= 11 is 0. The lowest BCUT2D eigenvalue weighted by atomic mass is 9.75. The number of fused-ring (bicyclic) bond motifs is 1. The highest BCUT2D eigenvalue weighted by Crippen LogP contribution is 2.40. The molecule has 0 radical (unpaired) electrons. The molecule has 3 nitrogen and oxygen atoms in total. The summed E-state index contributed by atoms with van der Waals surface area (Å²) in [6.07, 6.45) is 0.181. The summed E-state index contributed by atoms with van der Waals surface area (Å²) in [5, 5.41) is 0. The molecule has 1 atom stereocenters. The van der Waals surface area contributed by atoms with Crippen molar-refractivity contribution < 1.29 is 14.4 Å². The van der Waals surface area contributed by atoms with Gasteiger partial charge in [0.2, 0.25) is 0 Å². The summed E-state index contributed by atoms with van der Waals surface area (Å²) in [7, 11) is 0. The minimum atomic E-state index is -0.825. The van der Waals surface area contributed by atoms with Gasteiger partial charge in [0, 0.05) is 28.9 Å². The molecule has 3 heteroatoms. The Kier molecular flexibility index (Phi) is 5.38. The molecular formula is C25H28O3. The number of rotatable bonds is 5. The van der Waals surface area contributed by atoms with E-state index >= 15 is 0 Å². The van der Waals surface area contributed by atoms with Crippen molar-refractivity contribution in [2.75, 3.05) is 0 Å². The molecule has 28 heavy (non-hydrogen) atoms. The average Bonchev–Trinajstić information content (AvgIpc) is 2.90. The lowest BCUT2D eigenvalue weighted by Gasteiger charge is -2.26. The zero-order valence-corrected chi connectivity index (χ0v) is 17.3. The van der Waals surface area contributed by atoms with Gasteiger partial charge in [0.15, 0.2) is 11.6 Å². The third kappa shape index (κ3) is 3.71. The van der Waals surface area contributed by atoms with Gasteiger partial charge in [-0.2, -0.15) is 0 Å². The number of benzene rings is 2. The van der Waals surface area contributed by atoms with Crippen molar-refractivity contribution in [3.8, 4) is 0 Å². The zero-order valence-electron chi connectivity index (χ0n) is 17.3. The van der Waals surface area contributed by atoms with Crippen molar-refractivity contribution in [3.63, 3.8) is 0 Å². The van der Waals surface area contributed by atoms with E-state index < -0.39 is 17.3 Å². The van der Waals surface area contributed by atoms with Gasteiger partial charge in [0.25, 0.3) is 0 Å². The molecular weight excluding hydrogens is 348 g/mol. The van der Waals surface area contributed by atoms with Gasteiger partial charge >= 0.3 is 0 Å². The Labute approximate surface area is 167 Å². The third-order valence-corrected chi connectivity index (χ3v) is 5.70. The molecule has 0 saturated carbocycles. The standard InChI is InChI=1S/C25H28O3/c1-15(2)16-10-12-17(13-11-16)20(14-21(26)25(3,4)5)22-23(27)18-8-6-7-9-19(18)24(22)28/h6-13,15,20,22H,14H2,1-5H3/t20-/m1/s1. The molecule has 0 N–H and O–H groups in total. The second-order valence-electron chi connectivity index (χ2n) is 9.06. The van der Waals surface area contributed by atoms with Crippen LogP contribution in [0, 0.1) is 11.3 Å². The fourth-order valence-electron chi connectivity index (χ4n) is 3.79. The molecule has 1 aliphatic carbocycles. The number of hydrogen-bond donors (Lipinski definition) is 0. The smallest absolute Gasteiger partial charge is 0.175 e. The van der Waals surface area contributed by atoms with E-state index in [1.54, 1.807) is 24.3 Å². The first-order valence-corrected chi connectivity index (χ1v) is 9.92. The maximum absolute atomic E-state index is 13.1. The Balaban J connectivity index is 2.03. The van der Waals surface area contributed by atoms with Gasteiger partial charge in [-0.1, -0.05) is 83.1 Å². The Morgan fingerprint density at radius 2 is 1.32 bits per heavy atom.